The average molecular weight is 644 g/mol. The van der Waals surface area contributed by atoms with E-state index in [-0.39, 0.29) is 118 Å². The van der Waals surface area contributed by atoms with Gasteiger partial charge in [-0.15, -0.1) is 0 Å². The molecule has 0 spiro atoms. The molecular weight excluding hydrogens is 636 g/mol. The van der Waals surface area contributed by atoms with Crippen LogP contribution in [0, 0.1) is 0 Å². The maximum atomic E-state index is 10.6. The Balaban J connectivity index is -0.000000112. The molecule has 0 saturated heterocycles. The van der Waals surface area contributed by atoms with E-state index in [0.717, 1.165) is 0 Å². The molecule has 0 radical (unpaired) electrons. The van der Waals surface area contributed by atoms with Crippen molar-refractivity contribution in [3.63, 3.8) is 0 Å². The van der Waals surface area contributed by atoms with Gasteiger partial charge in [0.15, 0.2) is 0 Å². The molecule has 0 aromatic heterocycles. The first kappa shape index (κ1) is 50.4. The summed E-state index contributed by atoms with van der Waals surface area (Å²) in [6, 6.07) is 0. The molecule has 0 fully saturated rings. The number of hydrogen-bond acceptors (Lipinski definition) is 16. The summed E-state index contributed by atoms with van der Waals surface area (Å²) in [5.41, 5.74) is 0. The predicted molar refractivity (Wildman–Crippen MR) is 80.9 cm³/mol. The van der Waals surface area contributed by atoms with E-state index >= 15 is 0 Å². The van der Waals surface area contributed by atoms with Crippen LogP contribution < -0.4 is 139 Å². The molecule has 0 aliphatic carbocycles. The van der Waals surface area contributed by atoms with Crippen LogP contribution in [-0.4, -0.2) is 83.9 Å². The minimum absolute atomic E-state index is 0. The molecule has 0 amide bonds. The minimum Gasteiger partial charge on any atom is -0.550 e. The third kappa shape index (κ3) is 11.9. The number of carbonyl (C=O) groups is 4. The first-order valence-corrected chi connectivity index (χ1v) is 12.2. The van der Waals surface area contributed by atoms with Crippen molar-refractivity contribution in [2.24, 2.45) is 0 Å². The van der Waals surface area contributed by atoms with Crippen LogP contribution in [0.2, 0.25) is 0 Å². The fourth-order valence-corrected chi connectivity index (χ4v) is 5.75. The van der Waals surface area contributed by atoms with Gasteiger partial charge in [-0.2, -0.15) is 33.7 Å². The monoisotopic (exact) mass is 644 g/mol. The van der Waals surface area contributed by atoms with Crippen LogP contribution in [0.15, 0.2) is 0 Å². The molecule has 0 aliphatic heterocycles. The Kier molecular flexibility index (Phi) is 24.3. The van der Waals surface area contributed by atoms with E-state index in [2.05, 4.69) is 0 Å². The molecule has 0 heterocycles. The number of carbonyl (C=O) groups excluding carboxylic acids is 4. The van der Waals surface area contributed by atoms with Crippen molar-refractivity contribution in [1.82, 2.24) is 0 Å². The van der Waals surface area contributed by atoms with Crippen molar-refractivity contribution in [2.75, 3.05) is 0 Å². The molecule has 0 saturated carbocycles. The Morgan fingerprint density at radius 3 is 0.639 bits per heavy atom. The summed E-state index contributed by atoms with van der Waals surface area (Å²) in [6.07, 6.45) is -4.43. The number of carboxylic acid groups (broad SMARTS) is 4. The molecule has 4 N–H and O–H groups in total. The molecule has 0 aromatic carbocycles. The summed E-state index contributed by atoms with van der Waals surface area (Å²) in [5.74, 6) is -10.9. The van der Waals surface area contributed by atoms with Gasteiger partial charge < -0.3 is 39.6 Å². The van der Waals surface area contributed by atoms with Crippen LogP contribution in [0.4, 0.5) is 0 Å². The normalized spacial score (nSPS) is 11.9. The Morgan fingerprint density at radius 2 is 0.611 bits per heavy atom. The first-order valence-electron chi connectivity index (χ1n) is 6.43. The zero-order valence-corrected chi connectivity index (χ0v) is 29.6. The van der Waals surface area contributed by atoms with Crippen molar-refractivity contribution in [1.29, 1.82) is 0 Å². The largest absolute Gasteiger partial charge is 1.00 e. The molecule has 188 valence electrons. The van der Waals surface area contributed by atoms with Gasteiger partial charge in [-0.25, -0.2) is 0 Å². The van der Waals surface area contributed by atoms with Gasteiger partial charge in [-0.3, -0.25) is 18.2 Å². The smallest absolute Gasteiger partial charge is 0.550 e. The average Bonchev–Trinajstić information content (AvgIpc) is 2.44. The van der Waals surface area contributed by atoms with Crippen molar-refractivity contribution < 1.29 is 210 Å². The molecule has 20 nitrogen and oxygen atoms in total. The van der Waals surface area contributed by atoms with Gasteiger partial charge >= 0.3 is 118 Å². The predicted octanol–water partition coefficient (Wildman–Crippen LogP) is -21.3. The number of rotatable bonds is 10. The Morgan fingerprint density at radius 1 is 0.472 bits per heavy atom. The molecule has 36 heavy (non-hydrogen) atoms. The summed E-state index contributed by atoms with van der Waals surface area (Å²) in [4.78, 5) is 40.9. The van der Waals surface area contributed by atoms with Crippen LogP contribution in [0.5, 0.6) is 0 Å². The molecule has 0 rings (SSSR count). The molecule has 0 aromatic rings. The molecule has 0 bridgehead atoms. The van der Waals surface area contributed by atoms with Gasteiger partial charge in [0.2, 0.25) is 0 Å². The Labute approximate surface area is 290 Å². The summed E-state index contributed by atoms with van der Waals surface area (Å²) in [7, 11) is -24.0. The van der Waals surface area contributed by atoms with E-state index in [1.54, 1.807) is 0 Å². The Bertz CT molecular complexity index is 1070. The van der Waals surface area contributed by atoms with Crippen LogP contribution in [-0.2, 0) is 59.7 Å². The van der Waals surface area contributed by atoms with Gasteiger partial charge in [-0.1, -0.05) is 0 Å². The van der Waals surface area contributed by atoms with Gasteiger partial charge in [-0.05, 0) is 0 Å². The number of aliphatic carboxylic acids is 4. The maximum absolute atomic E-state index is 10.6. The van der Waals surface area contributed by atoms with Crippen LogP contribution in [0.3, 0.4) is 0 Å². The first-order chi connectivity index (χ1) is 13.7. The standard InChI is InChI=1S/2C4H6O10S2.4Na/c2*5-2(6)1-4(3(7)8,15(9,10)11)16(12,13)14;;;;/h2*1H2,(H,5,6)(H,7,8)(H,9,10,11)(H,12,13,14);;;;/q;;4*+1/p-4. The summed E-state index contributed by atoms with van der Waals surface area (Å²) >= 11 is 0. The molecule has 0 unspecified atom stereocenters. The minimum atomic E-state index is -6.00. The summed E-state index contributed by atoms with van der Waals surface area (Å²) in [6.45, 7) is 0. The second-order valence-corrected chi connectivity index (χ2v) is 12.2. The SMILES string of the molecule is O=C([O-])CC(C(=O)[O-])(S(=O)(=O)O)S(=O)(=O)O.O=C([O-])CC(C(=O)[O-])(S(=O)(=O)O)S(=O)(=O)O.[Na+].[Na+].[Na+].[Na+]. The van der Waals surface area contributed by atoms with Crippen LogP contribution in [0.25, 0.3) is 0 Å². The van der Waals surface area contributed by atoms with E-state index in [4.69, 9.17) is 18.2 Å². The topological polar surface area (TPSA) is 378 Å². The van der Waals surface area contributed by atoms with Crippen LogP contribution >= 0.6 is 0 Å². The van der Waals surface area contributed by atoms with Gasteiger partial charge in [0.25, 0.3) is 48.6 Å². The maximum Gasteiger partial charge on any atom is 1.00 e. The molecule has 0 aliphatic rings. The van der Waals surface area contributed by atoms with Gasteiger partial charge in [0.1, 0.15) is 0 Å². The van der Waals surface area contributed by atoms with Crippen molar-refractivity contribution in [3.05, 3.63) is 0 Å². The zero-order valence-electron chi connectivity index (χ0n) is 18.4. The quantitative estimate of drug-likeness (QED) is 0.127. The second-order valence-electron chi connectivity index (χ2n) is 5.08. The molecule has 28 heteroatoms. The van der Waals surface area contributed by atoms with Crippen molar-refractivity contribution in [3.8, 4) is 0 Å². The molecular formula is C8H8Na4O20S4. The summed E-state index contributed by atoms with van der Waals surface area (Å²) < 4.78 is 109. The third-order valence-corrected chi connectivity index (χ3v) is 10.1. The Hall–Kier alpha value is 1.52. The van der Waals surface area contributed by atoms with Gasteiger partial charge in [0.05, 0.1) is 11.9 Å². The van der Waals surface area contributed by atoms with Crippen molar-refractivity contribution >= 4 is 64.3 Å². The van der Waals surface area contributed by atoms with Crippen molar-refractivity contribution in [2.45, 2.75) is 21.0 Å². The zero-order chi connectivity index (χ0) is 26.7. The molecule has 0 atom stereocenters. The van der Waals surface area contributed by atoms with E-state index in [9.17, 15) is 73.3 Å². The number of carboxylic acids is 4. The number of hydrogen-bond donors (Lipinski definition) is 4. The van der Waals surface area contributed by atoms with Crippen LogP contribution in [0.1, 0.15) is 12.8 Å². The second kappa shape index (κ2) is 17.4. The third-order valence-electron chi connectivity index (χ3n) is 3.04. The van der Waals surface area contributed by atoms with E-state index < -0.39 is 85.3 Å². The van der Waals surface area contributed by atoms with E-state index in [1.807, 2.05) is 0 Å². The van der Waals surface area contributed by atoms with E-state index in [1.165, 1.54) is 0 Å². The summed E-state index contributed by atoms with van der Waals surface area (Å²) in [5, 5.41) is 40.9. The van der Waals surface area contributed by atoms with Gasteiger partial charge in [0, 0.05) is 24.8 Å². The van der Waals surface area contributed by atoms with E-state index in [0.29, 0.717) is 0 Å². The fourth-order valence-electron chi connectivity index (χ4n) is 1.58. The fraction of sp³-hybridized carbons (Fsp3) is 0.500.